The number of nitrogen functional groups attached to an aromatic ring is 1. The van der Waals surface area contributed by atoms with Gasteiger partial charge >= 0.3 is 0 Å². The van der Waals surface area contributed by atoms with E-state index in [0.29, 0.717) is 26.7 Å². The quantitative estimate of drug-likeness (QED) is 0.850. The third-order valence-electron chi connectivity index (χ3n) is 2.73. The van der Waals surface area contributed by atoms with Gasteiger partial charge in [-0.15, -0.1) is 0 Å². The maximum Gasteiger partial charge on any atom is 0.221 e. The molecule has 21 heavy (non-hydrogen) atoms. The molecule has 1 amide bonds. The van der Waals surface area contributed by atoms with Gasteiger partial charge in [0.25, 0.3) is 0 Å². The molecule has 1 unspecified atom stereocenters. The smallest absolute Gasteiger partial charge is 0.221 e. The van der Waals surface area contributed by atoms with Crippen LogP contribution in [0.15, 0.2) is 52.3 Å². The highest BCUT2D eigenvalue weighted by Gasteiger charge is 2.11. The fourth-order valence-corrected chi connectivity index (χ4v) is 2.89. The number of benzene rings is 2. The van der Waals surface area contributed by atoms with Gasteiger partial charge in [0.1, 0.15) is 0 Å². The molecule has 1 atom stereocenters. The first-order chi connectivity index (χ1) is 10.0. The SMILES string of the molecule is CC(=O)Nc1cc(S(=O)c2cccc(C#N)c2)ccc1N. The Morgan fingerprint density at radius 3 is 2.62 bits per heavy atom. The fourth-order valence-electron chi connectivity index (χ4n) is 1.77. The summed E-state index contributed by atoms with van der Waals surface area (Å²) in [5.41, 5.74) is 7.03. The molecule has 0 saturated carbocycles. The van der Waals surface area contributed by atoms with Crippen LogP contribution in [0.25, 0.3) is 0 Å². The fraction of sp³-hybridized carbons (Fsp3) is 0.0667. The van der Waals surface area contributed by atoms with E-state index in [4.69, 9.17) is 11.0 Å². The van der Waals surface area contributed by atoms with Crippen molar-refractivity contribution in [2.24, 2.45) is 0 Å². The summed E-state index contributed by atoms with van der Waals surface area (Å²) >= 11 is 0. The number of anilines is 2. The molecule has 0 saturated heterocycles. The molecule has 0 bridgehead atoms. The van der Waals surface area contributed by atoms with Gasteiger partial charge in [0.05, 0.1) is 33.8 Å². The van der Waals surface area contributed by atoms with Gasteiger partial charge in [0.2, 0.25) is 5.91 Å². The first-order valence-corrected chi connectivity index (χ1v) is 7.25. The second-order valence-corrected chi connectivity index (χ2v) is 5.82. The van der Waals surface area contributed by atoms with Crippen LogP contribution in [0.4, 0.5) is 11.4 Å². The van der Waals surface area contributed by atoms with Crippen molar-refractivity contribution >= 4 is 28.1 Å². The van der Waals surface area contributed by atoms with Crippen molar-refractivity contribution < 1.29 is 9.00 Å². The van der Waals surface area contributed by atoms with Gasteiger partial charge in [0.15, 0.2) is 0 Å². The monoisotopic (exact) mass is 299 g/mol. The van der Waals surface area contributed by atoms with Gasteiger partial charge in [-0.25, -0.2) is 4.21 Å². The van der Waals surface area contributed by atoms with Crippen molar-refractivity contribution in [1.82, 2.24) is 0 Å². The predicted molar refractivity (Wildman–Crippen MR) is 81.0 cm³/mol. The minimum Gasteiger partial charge on any atom is -0.397 e. The van der Waals surface area contributed by atoms with E-state index in [1.165, 1.54) is 6.92 Å². The van der Waals surface area contributed by atoms with Crippen LogP contribution in [-0.4, -0.2) is 10.1 Å². The number of carbonyl (C=O) groups excluding carboxylic acids is 1. The summed E-state index contributed by atoms with van der Waals surface area (Å²) in [5.74, 6) is -0.254. The molecule has 0 radical (unpaired) electrons. The zero-order chi connectivity index (χ0) is 15.4. The van der Waals surface area contributed by atoms with Crippen LogP contribution in [0, 0.1) is 11.3 Å². The number of carbonyl (C=O) groups is 1. The molecular formula is C15H13N3O2S. The van der Waals surface area contributed by atoms with E-state index in [1.54, 1.807) is 42.5 Å². The van der Waals surface area contributed by atoms with Crippen molar-refractivity contribution in [2.75, 3.05) is 11.1 Å². The zero-order valence-electron chi connectivity index (χ0n) is 11.3. The number of nitrogens with two attached hydrogens (primary N) is 1. The largest absolute Gasteiger partial charge is 0.397 e. The number of nitriles is 1. The Hall–Kier alpha value is -2.65. The average molecular weight is 299 g/mol. The van der Waals surface area contributed by atoms with Crippen molar-refractivity contribution in [2.45, 2.75) is 16.7 Å². The number of hydrogen-bond donors (Lipinski definition) is 2. The van der Waals surface area contributed by atoms with E-state index in [1.807, 2.05) is 6.07 Å². The van der Waals surface area contributed by atoms with E-state index in [9.17, 15) is 9.00 Å². The molecule has 0 spiro atoms. The topological polar surface area (TPSA) is 96.0 Å². The molecule has 0 aliphatic heterocycles. The molecule has 0 heterocycles. The lowest BCUT2D eigenvalue weighted by Crippen LogP contribution is -2.08. The van der Waals surface area contributed by atoms with Crippen LogP contribution in [0.5, 0.6) is 0 Å². The molecule has 0 aliphatic carbocycles. The molecule has 5 nitrogen and oxygen atoms in total. The molecule has 2 aromatic carbocycles. The third-order valence-corrected chi connectivity index (χ3v) is 4.09. The van der Waals surface area contributed by atoms with E-state index in [0.717, 1.165) is 0 Å². The van der Waals surface area contributed by atoms with E-state index in [-0.39, 0.29) is 5.91 Å². The number of nitrogens with zero attached hydrogens (tertiary/aromatic N) is 1. The Morgan fingerprint density at radius 1 is 1.24 bits per heavy atom. The van der Waals surface area contributed by atoms with Gasteiger partial charge in [-0.2, -0.15) is 5.26 Å². The molecule has 0 fully saturated rings. The second kappa shape index (κ2) is 6.20. The highest BCUT2D eigenvalue weighted by molar-refractivity contribution is 7.85. The van der Waals surface area contributed by atoms with E-state index < -0.39 is 10.8 Å². The summed E-state index contributed by atoms with van der Waals surface area (Å²) < 4.78 is 12.5. The number of rotatable bonds is 3. The van der Waals surface area contributed by atoms with Gasteiger partial charge < -0.3 is 11.1 Å². The zero-order valence-corrected chi connectivity index (χ0v) is 12.1. The molecule has 0 aliphatic rings. The molecule has 3 N–H and O–H groups in total. The van der Waals surface area contributed by atoms with Crippen LogP contribution >= 0.6 is 0 Å². The summed E-state index contributed by atoms with van der Waals surface area (Å²) in [6.07, 6.45) is 0. The van der Waals surface area contributed by atoms with Crippen molar-refractivity contribution in [1.29, 1.82) is 5.26 Å². The molecular weight excluding hydrogens is 286 g/mol. The maximum absolute atomic E-state index is 12.5. The first-order valence-electron chi connectivity index (χ1n) is 6.10. The summed E-state index contributed by atoms with van der Waals surface area (Å²) in [6.45, 7) is 1.37. The summed E-state index contributed by atoms with van der Waals surface area (Å²) in [5, 5.41) is 11.5. The van der Waals surface area contributed by atoms with E-state index in [2.05, 4.69) is 5.32 Å². The van der Waals surface area contributed by atoms with Crippen LogP contribution in [0.2, 0.25) is 0 Å². The van der Waals surface area contributed by atoms with E-state index >= 15 is 0 Å². The van der Waals surface area contributed by atoms with Gasteiger partial charge in [-0.1, -0.05) is 6.07 Å². The molecule has 2 rings (SSSR count). The van der Waals surface area contributed by atoms with Crippen molar-refractivity contribution in [3.05, 3.63) is 48.0 Å². The van der Waals surface area contributed by atoms with Crippen LogP contribution in [0.1, 0.15) is 12.5 Å². The summed E-state index contributed by atoms with van der Waals surface area (Å²) in [7, 11) is -1.45. The average Bonchev–Trinajstić information content (AvgIpc) is 2.48. The van der Waals surface area contributed by atoms with Crippen LogP contribution < -0.4 is 11.1 Å². The van der Waals surface area contributed by atoms with Gasteiger partial charge in [0, 0.05) is 16.7 Å². The highest BCUT2D eigenvalue weighted by Crippen LogP contribution is 2.25. The van der Waals surface area contributed by atoms with Crippen LogP contribution in [0.3, 0.4) is 0 Å². The lowest BCUT2D eigenvalue weighted by Gasteiger charge is -2.09. The lowest BCUT2D eigenvalue weighted by atomic mass is 10.2. The lowest BCUT2D eigenvalue weighted by molar-refractivity contribution is -0.114. The summed E-state index contributed by atoms with van der Waals surface area (Å²) in [4.78, 5) is 12.1. The third kappa shape index (κ3) is 3.46. The van der Waals surface area contributed by atoms with Crippen LogP contribution in [-0.2, 0) is 15.6 Å². The second-order valence-electron chi connectivity index (χ2n) is 4.34. The first kappa shape index (κ1) is 14.8. The number of nitrogens with one attached hydrogen (secondary N) is 1. The van der Waals surface area contributed by atoms with Crippen molar-refractivity contribution in [3.63, 3.8) is 0 Å². The number of amides is 1. The van der Waals surface area contributed by atoms with Gasteiger partial charge in [-0.05, 0) is 36.4 Å². The standard InChI is InChI=1S/C15H13N3O2S/c1-10(19)18-15-8-13(5-6-14(15)17)21(20)12-4-2-3-11(7-12)9-16/h2-8H,17H2,1H3,(H,18,19). The van der Waals surface area contributed by atoms with Gasteiger partial charge in [-0.3, -0.25) is 4.79 Å². The minimum absolute atomic E-state index is 0.254. The highest BCUT2D eigenvalue weighted by atomic mass is 32.2. The molecule has 6 heteroatoms. The Bertz CT molecular complexity index is 766. The Morgan fingerprint density at radius 2 is 1.95 bits per heavy atom. The predicted octanol–water partition coefficient (Wildman–Crippen LogP) is 2.27. The maximum atomic E-state index is 12.5. The minimum atomic E-state index is -1.45. The number of hydrogen-bond acceptors (Lipinski definition) is 4. The Balaban J connectivity index is 2.39. The van der Waals surface area contributed by atoms with Crippen molar-refractivity contribution in [3.8, 4) is 6.07 Å². The molecule has 2 aromatic rings. The molecule has 0 aromatic heterocycles. The Kier molecular flexibility index (Phi) is 4.36. The molecule has 106 valence electrons. The Labute approximate surface area is 124 Å². The summed E-state index contributed by atoms with van der Waals surface area (Å²) in [6, 6.07) is 13.4. The normalized spacial score (nSPS) is 11.4.